The summed E-state index contributed by atoms with van der Waals surface area (Å²) in [4.78, 5) is 13.1. The van der Waals surface area contributed by atoms with Crippen LogP contribution in [0.25, 0.3) is 5.69 Å². The maximum absolute atomic E-state index is 14.4. The monoisotopic (exact) mass is 562 g/mol. The van der Waals surface area contributed by atoms with Crippen molar-refractivity contribution in [3.05, 3.63) is 107 Å². The molecule has 10 heteroatoms. The molecule has 0 aliphatic heterocycles. The number of hydrogen-bond donors (Lipinski definition) is 1. The third-order valence-corrected chi connectivity index (χ3v) is 8.06. The molecular weight excluding hydrogens is 531 g/mol. The molecule has 1 amide bonds. The number of ether oxygens (including phenoxy) is 1. The fourth-order valence-corrected chi connectivity index (χ4v) is 5.77. The highest BCUT2D eigenvalue weighted by Gasteiger charge is 2.29. The lowest BCUT2D eigenvalue weighted by molar-refractivity contribution is -0.119. The second-order valence-corrected chi connectivity index (χ2v) is 11.0. The molecule has 0 spiro atoms. The number of carbonyl (C=O) groups excluding carboxylic acids is 1. The Kier molecular flexibility index (Phi) is 8.69. The van der Waals surface area contributed by atoms with Crippen LogP contribution in [0.1, 0.15) is 29.4 Å². The van der Waals surface area contributed by atoms with E-state index in [2.05, 4.69) is 10.5 Å². The summed E-state index contributed by atoms with van der Waals surface area (Å²) in [7, 11) is -4.13. The topological polar surface area (TPSA) is 93.0 Å². The van der Waals surface area contributed by atoms with Crippen molar-refractivity contribution < 1.29 is 22.3 Å². The van der Waals surface area contributed by atoms with E-state index in [1.54, 1.807) is 66.1 Å². The molecule has 0 unspecified atom stereocenters. The van der Waals surface area contributed by atoms with Gasteiger partial charge >= 0.3 is 0 Å². The van der Waals surface area contributed by atoms with Gasteiger partial charge in [0.1, 0.15) is 18.1 Å². The molecule has 8 nitrogen and oxygen atoms in total. The van der Waals surface area contributed by atoms with Crippen LogP contribution in [-0.4, -0.2) is 38.3 Å². The van der Waals surface area contributed by atoms with E-state index in [4.69, 9.17) is 4.74 Å². The number of benzene rings is 3. The highest BCUT2D eigenvalue weighted by Crippen LogP contribution is 2.32. The van der Waals surface area contributed by atoms with E-state index in [1.165, 1.54) is 24.4 Å². The summed E-state index contributed by atoms with van der Waals surface area (Å²) in [5.74, 6) is -0.679. The number of nitrogens with zero attached hydrogens (tertiary/aromatic N) is 3. The molecule has 40 heavy (non-hydrogen) atoms. The van der Waals surface area contributed by atoms with Crippen LogP contribution < -0.4 is 14.5 Å². The molecule has 0 saturated carbocycles. The van der Waals surface area contributed by atoms with Crippen molar-refractivity contribution in [3.8, 4) is 11.4 Å². The number of nitrogens with one attached hydrogen (secondary N) is 1. The van der Waals surface area contributed by atoms with Crippen molar-refractivity contribution >= 4 is 27.8 Å². The van der Waals surface area contributed by atoms with E-state index < -0.39 is 22.5 Å². The normalized spacial score (nSPS) is 11.5. The second kappa shape index (κ2) is 12.2. The minimum absolute atomic E-state index is 0.0429. The van der Waals surface area contributed by atoms with Gasteiger partial charge in [0.15, 0.2) is 0 Å². The predicted molar refractivity (Wildman–Crippen MR) is 154 cm³/mol. The van der Waals surface area contributed by atoms with Crippen LogP contribution >= 0.6 is 0 Å². The van der Waals surface area contributed by atoms with Crippen LogP contribution in [0.5, 0.6) is 5.75 Å². The summed E-state index contributed by atoms with van der Waals surface area (Å²) in [6, 6.07) is 21.3. The first-order chi connectivity index (χ1) is 19.1. The van der Waals surface area contributed by atoms with Crippen LogP contribution in [0.15, 0.2) is 88.9 Å². The number of para-hydroxylation sites is 3. The number of amides is 1. The van der Waals surface area contributed by atoms with Crippen LogP contribution in [0.4, 0.5) is 10.1 Å². The molecule has 0 fully saturated rings. The van der Waals surface area contributed by atoms with E-state index in [-0.39, 0.29) is 16.4 Å². The molecule has 1 heterocycles. The molecule has 0 aliphatic carbocycles. The largest absolute Gasteiger partial charge is 0.492 e. The maximum Gasteiger partial charge on any atom is 0.264 e. The zero-order valence-corrected chi connectivity index (χ0v) is 23.6. The van der Waals surface area contributed by atoms with Gasteiger partial charge in [0.2, 0.25) is 0 Å². The lowest BCUT2D eigenvalue weighted by Gasteiger charge is -2.25. The van der Waals surface area contributed by atoms with E-state index in [0.29, 0.717) is 23.6 Å². The number of aryl methyl sites for hydroxylation is 2. The quantitative estimate of drug-likeness (QED) is 0.210. The summed E-state index contributed by atoms with van der Waals surface area (Å²) in [6.45, 7) is 7.10. The first kappa shape index (κ1) is 28.6. The SMILES string of the molecule is CCOc1ccccc1N(CC(=O)N/N=C/c1cc(C)n(-c2ccccc2F)c1C)S(=O)(=O)c1ccc(C)cc1. The molecule has 0 bridgehead atoms. The third-order valence-electron chi connectivity index (χ3n) is 6.29. The highest BCUT2D eigenvalue weighted by atomic mass is 32.2. The van der Waals surface area contributed by atoms with Gasteiger partial charge in [-0.15, -0.1) is 0 Å². The van der Waals surface area contributed by atoms with Crippen LogP contribution in [0.2, 0.25) is 0 Å². The molecule has 1 N–H and O–H groups in total. The molecule has 0 aliphatic rings. The second-order valence-electron chi connectivity index (χ2n) is 9.13. The summed E-state index contributed by atoms with van der Waals surface area (Å²) in [5.41, 5.74) is 6.16. The molecule has 0 radical (unpaired) electrons. The lowest BCUT2D eigenvalue weighted by atomic mass is 10.2. The van der Waals surface area contributed by atoms with Gasteiger partial charge in [-0.05, 0) is 70.2 Å². The fraction of sp³-hybridized carbons (Fsp3) is 0.200. The Morgan fingerprint density at radius 3 is 2.40 bits per heavy atom. The molecule has 4 rings (SSSR count). The number of hydrogen-bond acceptors (Lipinski definition) is 5. The van der Waals surface area contributed by atoms with Crippen molar-refractivity contribution in [2.45, 2.75) is 32.6 Å². The van der Waals surface area contributed by atoms with Crippen molar-refractivity contribution in [2.24, 2.45) is 5.10 Å². The van der Waals surface area contributed by atoms with E-state index in [0.717, 1.165) is 21.3 Å². The maximum atomic E-state index is 14.4. The van der Waals surface area contributed by atoms with Crippen LogP contribution in [-0.2, 0) is 14.8 Å². The van der Waals surface area contributed by atoms with Gasteiger partial charge in [-0.2, -0.15) is 5.10 Å². The Morgan fingerprint density at radius 1 is 1.02 bits per heavy atom. The summed E-state index contributed by atoms with van der Waals surface area (Å²) in [5, 5.41) is 4.06. The van der Waals surface area contributed by atoms with E-state index in [9.17, 15) is 17.6 Å². The van der Waals surface area contributed by atoms with Crippen LogP contribution in [0.3, 0.4) is 0 Å². The number of anilines is 1. The lowest BCUT2D eigenvalue weighted by Crippen LogP contribution is -2.39. The Labute approximate surface area is 233 Å². The van der Waals surface area contributed by atoms with Gasteiger partial charge in [-0.3, -0.25) is 9.10 Å². The highest BCUT2D eigenvalue weighted by molar-refractivity contribution is 7.92. The number of rotatable bonds is 10. The Morgan fingerprint density at radius 2 is 1.70 bits per heavy atom. The van der Waals surface area contributed by atoms with Crippen molar-refractivity contribution in [3.63, 3.8) is 0 Å². The first-order valence-corrected chi connectivity index (χ1v) is 14.1. The molecular formula is C30H31FN4O4S. The smallest absolute Gasteiger partial charge is 0.264 e. The molecule has 0 saturated heterocycles. The minimum atomic E-state index is -4.13. The van der Waals surface area contributed by atoms with Crippen molar-refractivity contribution in [2.75, 3.05) is 17.5 Å². The Bertz CT molecular complexity index is 1650. The van der Waals surface area contributed by atoms with Gasteiger partial charge in [0.05, 0.1) is 29.1 Å². The van der Waals surface area contributed by atoms with Crippen molar-refractivity contribution in [1.82, 2.24) is 9.99 Å². The zero-order chi connectivity index (χ0) is 28.9. The molecule has 1 aromatic heterocycles. The standard InChI is InChI=1S/C30H31FN4O4S/c1-5-39-29-13-9-8-12-28(29)34(40(37,38)25-16-14-21(2)15-17-25)20-30(36)33-32-19-24-18-22(3)35(23(24)4)27-11-7-6-10-26(27)31/h6-19H,5,20H2,1-4H3,(H,33,36)/b32-19+. The summed E-state index contributed by atoms with van der Waals surface area (Å²) in [6.07, 6.45) is 1.45. The fourth-order valence-electron chi connectivity index (χ4n) is 4.34. The molecule has 4 aromatic rings. The van der Waals surface area contributed by atoms with Gasteiger partial charge in [-0.25, -0.2) is 18.2 Å². The average Bonchev–Trinajstić information content (AvgIpc) is 3.21. The Balaban J connectivity index is 1.60. The van der Waals surface area contributed by atoms with E-state index >= 15 is 0 Å². The van der Waals surface area contributed by atoms with Gasteiger partial charge < -0.3 is 9.30 Å². The summed E-state index contributed by atoms with van der Waals surface area (Å²) < 4.78 is 50.2. The average molecular weight is 563 g/mol. The van der Waals surface area contributed by atoms with E-state index in [1.807, 2.05) is 26.8 Å². The predicted octanol–water partition coefficient (Wildman–Crippen LogP) is 5.29. The number of halogens is 1. The molecule has 208 valence electrons. The number of hydrazone groups is 1. The van der Waals surface area contributed by atoms with Gasteiger partial charge in [-0.1, -0.05) is 42.0 Å². The third kappa shape index (κ3) is 6.07. The Hall–Kier alpha value is -4.44. The zero-order valence-electron chi connectivity index (χ0n) is 22.8. The van der Waals surface area contributed by atoms with Gasteiger partial charge in [0, 0.05) is 17.0 Å². The van der Waals surface area contributed by atoms with Gasteiger partial charge in [0.25, 0.3) is 15.9 Å². The minimum Gasteiger partial charge on any atom is -0.492 e. The van der Waals surface area contributed by atoms with Crippen LogP contribution in [0, 0.1) is 26.6 Å². The first-order valence-electron chi connectivity index (χ1n) is 12.7. The number of sulfonamides is 1. The summed E-state index contributed by atoms with van der Waals surface area (Å²) >= 11 is 0. The number of carbonyl (C=O) groups is 1. The van der Waals surface area contributed by atoms with Crippen molar-refractivity contribution in [1.29, 1.82) is 0 Å². The molecule has 3 aromatic carbocycles. The number of aromatic nitrogens is 1. The molecule has 0 atom stereocenters.